The van der Waals surface area contributed by atoms with Crippen LogP contribution >= 0.6 is 0 Å². The molecular formula is C16H23NO2S. The molecule has 0 amide bonds. The lowest BCUT2D eigenvalue weighted by Gasteiger charge is -2.51. The highest BCUT2D eigenvalue weighted by Gasteiger charge is 2.55. The maximum absolute atomic E-state index is 12.6. The summed E-state index contributed by atoms with van der Waals surface area (Å²) in [4.78, 5) is 0. The lowest BCUT2D eigenvalue weighted by molar-refractivity contribution is 0.154. The van der Waals surface area contributed by atoms with E-state index in [0.29, 0.717) is 6.42 Å². The molecule has 0 bridgehead atoms. The van der Waals surface area contributed by atoms with Crippen LogP contribution in [0.15, 0.2) is 30.3 Å². The van der Waals surface area contributed by atoms with Gasteiger partial charge in [0.2, 0.25) is 10.0 Å². The average Bonchev–Trinajstić information content (AvgIpc) is 2.47. The van der Waals surface area contributed by atoms with Gasteiger partial charge in [-0.25, -0.2) is 8.42 Å². The predicted octanol–water partition coefficient (Wildman–Crippen LogP) is 3.48. The van der Waals surface area contributed by atoms with Crippen molar-refractivity contribution in [3.63, 3.8) is 0 Å². The van der Waals surface area contributed by atoms with Gasteiger partial charge < -0.3 is 0 Å². The molecule has 1 aromatic carbocycles. The van der Waals surface area contributed by atoms with E-state index in [1.807, 2.05) is 29.4 Å². The first kappa shape index (κ1) is 14.1. The van der Waals surface area contributed by atoms with Crippen LogP contribution in [0.3, 0.4) is 0 Å². The van der Waals surface area contributed by atoms with Crippen molar-refractivity contribution >= 4 is 10.0 Å². The molecule has 0 aromatic heterocycles. The molecule has 3 nitrogen and oxygen atoms in total. The fourth-order valence-corrected chi connectivity index (χ4v) is 6.16. The average molecular weight is 293 g/mol. The van der Waals surface area contributed by atoms with Crippen LogP contribution in [0.5, 0.6) is 0 Å². The highest BCUT2D eigenvalue weighted by atomic mass is 32.2. The summed E-state index contributed by atoms with van der Waals surface area (Å²) in [6, 6.07) is 10.4. The number of benzene rings is 1. The van der Waals surface area contributed by atoms with Crippen molar-refractivity contribution in [2.45, 2.75) is 62.8 Å². The van der Waals surface area contributed by atoms with Crippen molar-refractivity contribution in [1.82, 2.24) is 4.31 Å². The Balaban J connectivity index is 1.92. The van der Waals surface area contributed by atoms with E-state index in [2.05, 4.69) is 12.1 Å². The van der Waals surface area contributed by atoms with Crippen molar-refractivity contribution in [3.05, 3.63) is 35.9 Å². The van der Waals surface area contributed by atoms with Gasteiger partial charge >= 0.3 is 0 Å². The summed E-state index contributed by atoms with van der Waals surface area (Å²) in [5.41, 5.74) is 1.15. The van der Waals surface area contributed by atoms with E-state index in [0.717, 1.165) is 31.2 Å². The monoisotopic (exact) mass is 293 g/mol. The minimum absolute atomic E-state index is 0.0642. The van der Waals surface area contributed by atoms with Crippen LogP contribution in [-0.2, 0) is 10.0 Å². The minimum Gasteiger partial charge on any atom is -0.212 e. The smallest absolute Gasteiger partial charge is 0.212 e. The van der Waals surface area contributed by atoms with Crippen LogP contribution in [0.4, 0.5) is 0 Å². The molecule has 1 saturated heterocycles. The lowest BCUT2D eigenvalue weighted by Crippen LogP contribution is -2.61. The number of hydrogen-bond donors (Lipinski definition) is 0. The van der Waals surface area contributed by atoms with E-state index < -0.39 is 10.0 Å². The quantitative estimate of drug-likeness (QED) is 0.855. The van der Waals surface area contributed by atoms with Crippen molar-refractivity contribution in [1.29, 1.82) is 0 Å². The molecule has 2 fully saturated rings. The van der Waals surface area contributed by atoms with E-state index >= 15 is 0 Å². The van der Waals surface area contributed by atoms with Crippen molar-refractivity contribution < 1.29 is 8.42 Å². The van der Waals surface area contributed by atoms with Gasteiger partial charge in [-0.15, -0.1) is 0 Å². The molecule has 1 heterocycles. The van der Waals surface area contributed by atoms with Gasteiger partial charge in [-0.05, 0) is 24.8 Å². The van der Waals surface area contributed by atoms with Crippen LogP contribution in [-0.4, -0.2) is 24.0 Å². The number of nitrogens with zero attached hydrogens (tertiary/aromatic N) is 1. The first-order valence-electron chi connectivity index (χ1n) is 7.73. The Bertz CT molecular complexity index is 549. The summed E-state index contributed by atoms with van der Waals surface area (Å²) in [6.07, 6.45) is 6.32. The largest absolute Gasteiger partial charge is 0.219 e. The fourth-order valence-electron chi connectivity index (χ4n) is 3.80. The lowest BCUT2D eigenvalue weighted by atomic mass is 9.92. The third-order valence-corrected chi connectivity index (χ3v) is 7.25. The van der Waals surface area contributed by atoms with Gasteiger partial charge in [-0.3, -0.25) is 0 Å². The van der Waals surface area contributed by atoms with Crippen LogP contribution in [0.2, 0.25) is 0 Å². The van der Waals surface area contributed by atoms with Crippen molar-refractivity contribution in [2.24, 2.45) is 0 Å². The summed E-state index contributed by atoms with van der Waals surface area (Å²) in [5, 5.41) is -0.230. The first-order valence-corrected chi connectivity index (χ1v) is 9.24. The second-order valence-electron chi connectivity index (χ2n) is 5.97. The Morgan fingerprint density at radius 2 is 1.75 bits per heavy atom. The molecule has 0 radical (unpaired) electrons. The fraction of sp³-hybridized carbons (Fsp3) is 0.625. The molecular weight excluding hydrogens is 270 g/mol. The van der Waals surface area contributed by atoms with E-state index in [1.54, 1.807) is 0 Å². The van der Waals surface area contributed by atoms with Crippen LogP contribution < -0.4 is 0 Å². The summed E-state index contributed by atoms with van der Waals surface area (Å²) in [7, 11) is -3.08. The van der Waals surface area contributed by atoms with Gasteiger partial charge in [0.15, 0.2) is 0 Å². The Labute approximate surface area is 122 Å². The van der Waals surface area contributed by atoms with E-state index in [-0.39, 0.29) is 17.3 Å². The van der Waals surface area contributed by atoms with E-state index in [1.165, 1.54) is 6.42 Å². The highest BCUT2D eigenvalue weighted by molar-refractivity contribution is 7.91. The molecule has 20 heavy (non-hydrogen) atoms. The third kappa shape index (κ3) is 2.19. The van der Waals surface area contributed by atoms with Crippen LogP contribution in [0.25, 0.3) is 0 Å². The summed E-state index contributed by atoms with van der Waals surface area (Å²) in [6.45, 7) is 1.98. The Morgan fingerprint density at radius 3 is 2.35 bits per heavy atom. The molecule has 0 unspecified atom stereocenters. The van der Waals surface area contributed by atoms with Gasteiger partial charge in [0.05, 0.1) is 11.3 Å². The van der Waals surface area contributed by atoms with Crippen molar-refractivity contribution in [3.8, 4) is 0 Å². The highest BCUT2D eigenvalue weighted by Crippen LogP contribution is 2.47. The maximum atomic E-state index is 12.6. The standard InChI is InChI=1S/C16H23NO2S/c1-2-15-16(13-9-5-3-6-10-13)17(20(15,18)19)14-11-7-4-8-12-14/h3,5-6,9-10,14-16H,2,4,7-8,11-12H2,1H3/t15-,16-/m1/s1. The molecule has 2 atom stereocenters. The summed E-state index contributed by atoms with van der Waals surface area (Å²) < 4.78 is 27.0. The van der Waals surface area contributed by atoms with Crippen LogP contribution in [0.1, 0.15) is 57.1 Å². The summed E-state index contributed by atoms with van der Waals surface area (Å²) >= 11 is 0. The van der Waals surface area contributed by atoms with Gasteiger partial charge in [0, 0.05) is 6.04 Å². The zero-order valence-electron chi connectivity index (χ0n) is 12.0. The zero-order chi connectivity index (χ0) is 14.2. The molecule has 3 rings (SSSR count). The molecule has 1 aromatic rings. The topological polar surface area (TPSA) is 37.4 Å². The second-order valence-corrected chi connectivity index (χ2v) is 8.03. The first-order chi connectivity index (χ1) is 9.66. The van der Waals surface area contributed by atoms with Crippen LogP contribution in [0, 0.1) is 0 Å². The number of sulfonamides is 1. The minimum atomic E-state index is -3.08. The second kappa shape index (κ2) is 5.49. The molecule has 110 valence electrons. The van der Waals surface area contributed by atoms with Crippen molar-refractivity contribution in [2.75, 3.05) is 0 Å². The van der Waals surface area contributed by atoms with E-state index in [4.69, 9.17) is 0 Å². The van der Waals surface area contributed by atoms with Gasteiger partial charge in [-0.1, -0.05) is 56.5 Å². The normalized spacial score (nSPS) is 30.9. The van der Waals surface area contributed by atoms with Gasteiger partial charge in [-0.2, -0.15) is 4.31 Å². The van der Waals surface area contributed by atoms with E-state index in [9.17, 15) is 8.42 Å². The molecule has 1 aliphatic carbocycles. The molecule has 4 heteroatoms. The number of rotatable bonds is 3. The zero-order valence-corrected chi connectivity index (χ0v) is 12.8. The summed E-state index contributed by atoms with van der Waals surface area (Å²) in [5.74, 6) is 0. The van der Waals surface area contributed by atoms with Gasteiger partial charge in [0.25, 0.3) is 0 Å². The molecule has 1 saturated carbocycles. The SMILES string of the molecule is CC[C@@H]1[C@@H](c2ccccc2)N(C2CCCCC2)S1(=O)=O. The molecule has 0 N–H and O–H groups in total. The predicted molar refractivity (Wildman–Crippen MR) is 80.9 cm³/mol. The van der Waals surface area contributed by atoms with Gasteiger partial charge in [0.1, 0.15) is 0 Å². The molecule has 1 aliphatic heterocycles. The molecule has 0 spiro atoms. The maximum Gasteiger partial charge on any atom is 0.219 e. The molecule has 2 aliphatic rings. The Morgan fingerprint density at radius 1 is 1.10 bits per heavy atom. The number of hydrogen-bond acceptors (Lipinski definition) is 2. The third-order valence-electron chi connectivity index (χ3n) is 4.78. The Hall–Kier alpha value is -0.870. The Kier molecular flexibility index (Phi) is 3.87.